The Morgan fingerprint density at radius 3 is 2.48 bits per heavy atom. The summed E-state index contributed by atoms with van der Waals surface area (Å²) in [7, 11) is 3.23. The monoisotopic (exact) mass is 397 g/mol. The third kappa shape index (κ3) is 5.43. The van der Waals surface area contributed by atoms with Gasteiger partial charge in [0, 0.05) is 6.54 Å². The van der Waals surface area contributed by atoms with Crippen molar-refractivity contribution in [3.05, 3.63) is 53.1 Å². The number of ether oxygens (including phenoxy) is 3. The van der Waals surface area contributed by atoms with E-state index >= 15 is 0 Å². The third-order valence-corrected chi connectivity index (χ3v) is 5.42. The molecule has 1 aliphatic carbocycles. The van der Waals surface area contributed by atoms with Gasteiger partial charge in [0.25, 0.3) is 5.91 Å². The number of carbonyl (C=O) groups is 1. The topological polar surface area (TPSA) is 56.8 Å². The van der Waals surface area contributed by atoms with Gasteiger partial charge in [-0.3, -0.25) is 4.79 Å². The van der Waals surface area contributed by atoms with Crippen LogP contribution in [0.2, 0.25) is 0 Å². The van der Waals surface area contributed by atoms with Gasteiger partial charge in [-0.25, -0.2) is 0 Å². The first-order valence-electron chi connectivity index (χ1n) is 10.4. The van der Waals surface area contributed by atoms with Crippen molar-refractivity contribution in [1.82, 2.24) is 5.32 Å². The van der Waals surface area contributed by atoms with Crippen LogP contribution in [0.5, 0.6) is 17.2 Å². The Bertz CT molecular complexity index is 834. The van der Waals surface area contributed by atoms with Crippen molar-refractivity contribution in [1.29, 1.82) is 0 Å². The normalized spacial score (nSPS) is 13.9. The number of methoxy groups -OCH3 is 2. The minimum absolute atomic E-state index is 0.0781. The van der Waals surface area contributed by atoms with Gasteiger partial charge in [0.15, 0.2) is 17.6 Å². The number of nitrogens with one attached hydrogen (secondary N) is 1. The molecule has 1 amide bonds. The van der Waals surface area contributed by atoms with Crippen LogP contribution < -0.4 is 19.5 Å². The maximum absolute atomic E-state index is 12.6. The number of rotatable bonds is 9. The number of carbonyl (C=O) groups excluding carboxylic acids is 1. The van der Waals surface area contributed by atoms with Crippen LogP contribution >= 0.6 is 0 Å². The van der Waals surface area contributed by atoms with Crippen LogP contribution in [-0.2, 0) is 24.1 Å². The van der Waals surface area contributed by atoms with Gasteiger partial charge in [-0.05, 0) is 79.5 Å². The summed E-state index contributed by atoms with van der Waals surface area (Å²) >= 11 is 0. The summed E-state index contributed by atoms with van der Waals surface area (Å²) in [5.41, 5.74) is 3.85. The van der Waals surface area contributed by atoms with E-state index in [-0.39, 0.29) is 5.91 Å². The minimum Gasteiger partial charge on any atom is -0.493 e. The quantitative estimate of drug-likeness (QED) is 0.692. The second-order valence-electron chi connectivity index (χ2n) is 7.38. The van der Waals surface area contributed by atoms with Crippen LogP contribution in [0.15, 0.2) is 36.4 Å². The highest BCUT2D eigenvalue weighted by Gasteiger charge is 2.19. The molecule has 0 aliphatic heterocycles. The molecule has 29 heavy (non-hydrogen) atoms. The molecule has 5 heteroatoms. The molecule has 156 valence electrons. The second-order valence-corrected chi connectivity index (χ2v) is 7.38. The average Bonchev–Trinajstić information content (AvgIpc) is 2.77. The lowest BCUT2D eigenvalue weighted by atomic mass is 9.92. The highest BCUT2D eigenvalue weighted by Crippen LogP contribution is 2.28. The molecule has 1 atom stereocenters. The van der Waals surface area contributed by atoms with Crippen molar-refractivity contribution in [3.8, 4) is 17.2 Å². The van der Waals surface area contributed by atoms with E-state index in [0.29, 0.717) is 30.9 Å². The minimum atomic E-state index is -0.484. The highest BCUT2D eigenvalue weighted by atomic mass is 16.5. The van der Waals surface area contributed by atoms with Gasteiger partial charge < -0.3 is 19.5 Å². The second kappa shape index (κ2) is 10.2. The van der Waals surface area contributed by atoms with Crippen LogP contribution in [0.25, 0.3) is 0 Å². The summed E-state index contributed by atoms with van der Waals surface area (Å²) in [6, 6.07) is 12.0. The van der Waals surface area contributed by atoms with Crippen LogP contribution in [0.1, 0.15) is 42.9 Å². The van der Waals surface area contributed by atoms with E-state index in [1.54, 1.807) is 14.2 Å². The van der Waals surface area contributed by atoms with Gasteiger partial charge in [0.1, 0.15) is 5.75 Å². The van der Waals surface area contributed by atoms with E-state index < -0.39 is 6.10 Å². The zero-order valence-electron chi connectivity index (χ0n) is 17.6. The molecule has 2 aromatic rings. The summed E-state index contributed by atoms with van der Waals surface area (Å²) in [6.07, 6.45) is 5.57. The number of benzene rings is 2. The molecule has 2 aromatic carbocycles. The predicted octanol–water partition coefficient (Wildman–Crippen LogP) is 4.10. The van der Waals surface area contributed by atoms with E-state index in [4.69, 9.17) is 14.2 Å². The Morgan fingerprint density at radius 2 is 1.76 bits per heavy atom. The molecule has 0 fully saturated rings. The number of fused-ring (bicyclic) bond motifs is 1. The van der Waals surface area contributed by atoms with E-state index in [2.05, 4.69) is 17.4 Å². The Balaban J connectivity index is 1.53. The SMILES string of the molecule is CC[C@@H](Oc1ccc2c(c1)CCCC2)C(=O)NCCc1ccc(OC)c(OC)c1. The maximum Gasteiger partial charge on any atom is 0.261 e. The summed E-state index contributed by atoms with van der Waals surface area (Å²) < 4.78 is 16.6. The lowest BCUT2D eigenvalue weighted by molar-refractivity contribution is -0.128. The lowest BCUT2D eigenvalue weighted by Crippen LogP contribution is -2.39. The summed E-state index contributed by atoms with van der Waals surface area (Å²) in [5.74, 6) is 2.10. The molecule has 0 heterocycles. The van der Waals surface area contributed by atoms with Crippen LogP contribution in [0, 0.1) is 0 Å². The summed E-state index contributed by atoms with van der Waals surface area (Å²) in [4.78, 5) is 12.6. The Morgan fingerprint density at radius 1 is 1.00 bits per heavy atom. The molecule has 0 aromatic heterocycles. The fraction of sp³-hybridized carbons (Fsp3) is 0.458. The van der Waals surface area contributed by atoms with Gasteiger partial charge in [0.2, 0.25) is 0 Å². The van der Waals surface area contributed by atoms with Crippen molar-refractivity contribution in [3.63, 3.8) is 0 Å². The van der Waals surface area contributed by atoms with Gasteiger partial charge in [0.05, 0.1) is 14.2 Å². The molecule has 1 aliphatic rings. The van der Waals surface area contributed by atoms with Crippen molar-refractivity contribution >= 4 is 5.91 Å². The lowest BCUT2D eigenvalue weighted by Gasteiger charge is -2.20. The molecule has 0 unspecified atom stereocenters. The first kappa shape index (κ1) is 21.0. The summed E-state index contributed by atoms with van der Waals surface area (Å²) in [5, 5.41) is 2.99. The molecule has 0 radical (unpaired) electrons. The molecule has 1 N–H and O–H groups in total. The van der Waals surface area contributed by atoms with Crippen molar-refractivity contribution in [2.75, 3.05) is 20.8 Å². The molecular weight excluding hydrogens is 366 g/mol. The van der Waals surface area contributed by atoms with Crippen molar-refractivity contribution < 1.29 is 19.0 Å². The van der Waals surface area contributed by atoms with E-state index in [1.807, 2.05) is 31.2 Å². The van der Waals surface area contributed by atoms with Gasteiger partial charge in [-0.2, -0.15) is 0 Å². The summed E-state index contributed by atoms with van der Waals surface area (Å²) in [6.45, 7) is 2.51. The van der Waals surface area contributed by atoms with Gasteiger partial charge >= 0.3 is 0 Å². The van der Waals surface area contributed by atoms with E-state index in [1.165, 1.54) is 24.0 Å². The Labute approximate surface area is 173 Å². The molecule has 3 rings (SSSR count). The van der Waals surface area contributed by atoms with E-state index in [9.17, 15) is 4.79 Å². The highest BCUT2D eigenvalue weighted by molar-refractivity contribution is 5.81. The number of aryl methyl sites for hydroxylation is 2. The smallest absolute Gasteiger partial charge is 0.261 e. The Hall–Kier alpha value is -2.69. The molecule has 5 nitrogen and oxygen atoms in total. The van der Waals surface area contributed by atoms with Crippen LogP contribution in [0.4, 0.5) is 0 Å². The Kier molecular flexibility index (Phi) is 7.39. The largest absolute Gasteiger partial charge is 0.493 e. The third-order valence-electron chi connectivity index (χ3n) is 5.42. The predicted molar refractivity (Wildman–Crippen MR) is 114 cm³/mol. The first-order valence-corrected chi connectivity index (χ1v) is 10.4. The fourth-order valence-electron chi connectivity index (χ4n) is 3.75. The molecular formula is C24H31NO4. The van der Waals surface area contributed by atoms with Gasteiger partial charge in [-0.15, -0.1) is 0 Å². The molecule has 0 bridgehead atoms. The average molecular weight is 398 g/mol. The molecule has 0 saturated heterocycles. The van der Waals surface area contributed by atoms with Crippen LogP contribution in [-0.4, -0.2) is 32.8 Å². The van der Waals surface area contributed by atoms with Crippen molar-refractivity contribution in [2.24, 2.45) is 0 Å². The van der Waals surface area contributed by atoms with Gasteiger partial charge in [-0.1, -0.05) is 19.1 Å². The zero-order valence-corrected chi connectivity index (χ0v) is 17.6. The van der Waals surface area contributed by atoms with Crippen molar-refractivity contribution in [2.45, 2.75) is 51.6 Å². The standard InChI is InChI=1S/C24H31NO4/c1-4-21(29-20-11-10-18-7-5-6-8-19(18)16-20)24(26)25-14-13-17-9-12-22(27-2)23(15-17)28-3/h9-12,15-16,21H,4-8,13-14H2,1-3H3,(H,25,26)/t21-/m1/s1. The number of amides is 1. The maximum atomic E-state index is 12.6. The van der Waals surface area contributed by atoms with E-state index in [0.717, 1.165) is 24.2 Å². The molecule has 0 saturated carbocycles. The molecule has 0 spiro atoms. The first-order chi connectivity index (χ1) is 14.1. The number of hydrogen-bond donors (Lipinski definition) is 1. The van der Waals surface area contributed by atoms with Crippen LogP contribution in [0.3, 0.4) is 0 Å². The number of hydrogen-bond acceptors (Lipinski definition) is 4. The fourth-order valence-corrected chi connectivity index (χ4v) is 3.75. The zero-order chi connectivity index (χ0) is 20.6.